The summed E-state index contributed by atoms with van der Waals surface area (Å²) < 4.78 is 49.7. The number of imidazole rings is 1. The number of rotatable bonds is 5. The van der Waals surface area contributed by atoms with Gasteiger partial charge in [-0.25, -0.2) is 18.2 Å². The monoisotopic (exact) mass is 485 g/mol. The molecule has 1 aliphatic heterocycles. The Hall–Kier alpha value is -3.59. The number of aryl methyl sites for hydroxylation is 1. The minimum atomic E-state index is -1.09. The van der Waals surface area contributed by atoms with Gasteiger partial charge in [-0.2, -0.15) is 0 Å². The fraction of sp³-hybridized carbons (Fsp3) is 0.308. The first-order valence-corrected chi connectivity index (χ1v) is 11.1. The Morgan fingerprint density at radius 2 is 1.86 bits per heavy atom. The molecule has 9 heteroatoms. The van der Waals surface area contributed by atoms with Crippen LogP contribution in [-0.4, -0.2) is 43.7 Å². The van der Waals surface area contributed by atoms with E-state index in [2.05, 4.69) is 4.98 Å². The molecule has 2 aromatic carbocycles. The maximum atomic E-state index is 14.8. The number of carbonyl (C=O) groups excluding carboxylic acids is 1. The lowest BCUT2D eigenvalue weighted by Crippen LogP contribution is -2.53. The number of aliphatic hydroxyl groups excluding tert-OH is 1. The van der Waals surface area contributed by atoms with Crippen LogP contribution in [0.2, 0.25) is 0 Å². The Morgan fingerprint density at radius 1 is 1.11 bits per heavy atom. The average Bonchev–Trinajstić information content (AvgIpc) is 3.19. The number of amides is 1. The van der Waals surface area contributed by atoms with Gasteiger partial charge in [-0.1, -0.05) is 12.1 Å². The van der Waals surface area contributed by atoms with Crippen molar-refractivity contribution in [1.82, 2.24) is 14.5 Å². The molecule has 0 radical (unpaired) electrons. The van der Waals surface area contributed by atoms with E-state index in [4.69, 9.17) is 4.74 Å². The topological polar surface area (TPSA) is 67.6 Å². The van der Waals surface area contributed by atoms with Crippen molar-refractivity contribution >= 4 is 12.0 Å². The Balaban J connectivity index is 1.70. The zero-order valence-electron chi connectivity index (χ0n) is 19.8. The van der Waals surface area contributed by atoms with Gasteiger partial charge in [0.2, 0.25) is 0 Å². The normalized spacial score (nSPS) is 18.5. The second kappa shape index (κ2) is 9.22. The Labute approximate surface area is 201 Å². The van der Waals surface area contributed by atoms with E-state index < -0.39 is 41.1 Å². The van der Waals surface area contributed by atoms with E-state index in [1.807, 2.05) is 0 Å². The molecule has 2 heterocycles. The number of nitrogens with zero attached hydrogens (tertiary/aromatic N) is 3. The summed E-state index contributed by atoms with van der Waals surface area (Å²) in [7, 11) is 0. The molecule has 1 fully saturated rings. The number of ether oxygens (including phenoxy) is 1. The van der Waals surface area contributed by atoms with Crippen LogP contribution < -0.4 is 0 Å². The molecule has 2 atom stereocenters. The largest absolute Gasteiger partial charge is 0.480 e. The molecule has 6 nitrogen and oxygen atoms in total. The standard InChI is InChI=1S/C26H26F3N3O3/c1-15-12-31(14-30-15)22-8-5-17(9-21(22)29)10-23-25(34)32(13-26(3,4)35-23)24(16(2)33)18-6-7-19(27)20(28)11-18/h5-12,14,16,24,33H,13H2,1-4H3/t16-,24+/m1/s1. The van der Waals surface area contributed by atoms with Crippen molar-refractivity contribution < 1.29 is 27.8 Å². The highest BCUT2D eigenvalue weighted by atomic mass is 19.2. The molecule has 1 aromatic heterocycles. The summed E-state index contributed by atoms with van der Waals surface area (Å²) in [5.74, 6) is -3.23. The lowest BCUT2D eigenvalue weighted by atomic mass is 9.96. The van der Waals surface area contributed by atoms with E-state index in [1.54, 1.807) is 43.7 Å². The summed E-state index contributed by atoms with van der Waals surface area (Å²) in [6, 6.07) is 6.80. The van der Waals surface area contributed by atoms with Crippen LogP contribution in [0, 0.1) is 24.4 Å². The van der Waals surface area contributed by atoms with Gasteiger partial charge in [0, 0.05) is 6.20 Å². The number of aliphatic hydroxyl groups is 1. The van der Waals surface area contributed by atoms with Crippen LogP contribution in [0.25, 0.3) is 11.8 Å². The van der Waals surface area contributed by atoms with Crippen molar-refractivity contribution in [3.05, 3.63) is 89.0 Å². The van der Waals surface area contributed by atoms with Gasteiger partial charge in [0.05, 0.1) is 36.4 Å². The van der Waals surface area contributed by atoms with Gasteiger partial charge in [0.1, 0.15) is 11.4 Å². The van der Waals surface area contributed by atoms with Crippen LogP contribution in [-0.2, 0) is 9.53 Å². The summed E-state index contributed by atoms with van der Waals surface area (Å²) in [6.07, 6.45) is 3.54. The van der Waals surface area contributed by atoms with Gasteiger partial charge in [0.25, 0.3) is 5.91 Å². The zero-order valence-corrected chi connectivity index (χ0v) is 19.8. The summed E-state index contributed by atoms with van der Waals surface area (Å²) in [4.78, 5) is 18.9. The summed E-state index contributed by atoms with van der Waals surface area (Å²) >= 11 is 0. The molecule has 0 spiro atoms. The number of carbonyl (C=O) groups is 1. The average molecular weight is 486 g/mol. The second-order valence-corrected chi connectivity index (χ2v) is 9.30. The summed E-state index contributed by atoms with van der Waals surface area (Å²) in [5.41, 5.74) is 0.824. The van der Waals surface area contributed by atoms with Crippen molar-refractivity contribution in [3.63, 3.8) is 0 Å². The molecular weight excluding hydrogens is 459 g/mol. The van der Waals surface area contributed by atoms with E-state index in [0.717, 1.165) is 17.8 Å². The molecule has 0 unspecified atom stereocenters. The van der Waals surface area contributed by atoms with Gasteiger partial charge < -0.3 is 19.3 Å². The first kappa shape index (κ1) is 24.5. The summed E-state index contributed by atoms with van der Waals surface area (Å²) in [5, 5.41) is 10.5. The molecule has 1 saturated heterocycles. The number of morpholine rings is 1. The highest BCUT2D eigenvalue weighted by Gasteiger charge is 2.42. The first-order chi connectivity index (χ1) is 16.4. The third kappa shape index (κ3) is 5.09. The predicted octanol–water partition coefficient (Wildman–Crippen LogP) is 4.70. The molecule has 1 amide bonds. The van der Waals surface area contributed by atoms with Gasteiger partial charge >= 0.3 is 0 Å². The van der Waals surface area contributed by atoms with Crippen molar-refractivity contribution in [2.75, 3.05) is 6.54 Å². The van der Waals surface area contributed by atoms with Crippen LogP contribution in [0.15, 0.2) is 54.7 Å². The minimum Gasteiger partial charge on any atom is -0.480 e. The van der Waals surface area contributed by atoms with Crippen molar-refractivity contribution in [2.45, 2.75) is 45.4 Å². The Morgan fingerprint density at radius 3 is 2.46 bits per heavy atom. The van der Waals surface area contributed by atoms with E-state index in [-0.39, 0.29) is 17.9 Å². The predicted molar refractivity (Wildman–Crippen MR) is 124 cm³/mol. The van der Waals surface area contributed by atoms with E-state index in [0.29, 0.717) is 11.3 Å². The van der Waals surface area contributed by atoms with Crippen LogP contribution in [0.5, 0.6) is 0 Å². The number of benzene rings is 2. The van der Waals surface area contributed by atoms with Gasteiger partial charge in [0.15, 0.2) is 17.4 Å². The SMILES string of the molecule is Cc1cn(-c2ccc(C=C3OC(C)(C)CN([C@H](c4ccc(F)c(F)c4)[C@@H](C)O)C3=O)cc2F)cn1. The maximum absolute atomic E-state index is 14.8. The number of halogens is 3. The Kier molecular flexibility index (Phi) is 6.46. The smallest absolute Gasteiger partial charge is 0.289 e. The van der Waals surface area contributed by atoms with Crippen LogP contribution in [0.3, 0.4) is 0 Å². The fourth-order valence-electron chi connectivity index (χ4n) is 4.25. The molecular formula is C26H26F3N3O3. The molecule has 0 saturated carbocycles. The molecule has 1 aliphatic rings. The number of hydrogen-bond donors (Lipinski definition) is 1. The second-order valence-electron chi connectivity index (χ2n) is 9.30. The molecule has 35 heavy (non-hydrogen) atoms. The summed E-state index contributed by atoms with van der Waals surface area (Å²) in [6.45, 7) is 6.88. The molecule has 4 rings (SSSR count). The highest BCUT2D eigenvalue weighted by molar-refractivity contribution is 5.97. The minimum absolute atomic E-state index is 0.0555. The van der Waals surface area contributed by atoms with Crippen LogP contribution in [0.4, 0.5) is 13.2 Å². The number of aromatic nitrogens is 2. The maximum Gasteiger partial charge on any atom is 0.289 e. The van der Waals surface area contributed by atoms with Gasteiger partial charge in [-0.3, -0.25) is 4.79 Å². The molecule has 0 bridgehead atoms. The van der Waals surface area contributed by atoms with Gasteiger partial charge in [-0.05, 0) is 69.2 Å². The van der Waals surface area contributed by atoms with Crippen molar-refractivity contribution in [1.29, 1.82) is 0 Å². The lowest BCUT2D eigenvalue weighted by molar-refractivity contribution is -0.153. The third-order valence-corrected chi connectivity index (χ3v) is 5.75. The first-order valence-electron chi connectivity index (χ1n) is 11.1. The van der Waals surface area contributed by atoms with E-state index in [9.17, 15) is 23.1 Å². The lowest BCUT2D eigenvalue weighted by Gasteiger charge is -2.44. The van der Waals surface area contributed by atoms with Crippen molar-refractivity contribution in [2.24, 2.45) is 0 Å². The molecule has 1 N–H and O–H groups in total. The van der Waals surface area contributed by atoms with Crippen LogP contribution in [0.1, 0.15) is 43.6 Å². The quantitative estimate of drug-likeness (QED) is 0.532. The third-order valence-electron chi connectivity index (χ3n) is 5.75. The van der Waals surface area contributed by atoms with E-state index in [1.165, 1.54) is 36.4 Å². The molecule has 3 aromatic rings. The zero-order chi connectivity index (χ0) is 25.5. The molecule has 184 valence electrons. The number of hydrogen-bond acceptors (Lipinski definition) is 4. The Bertz CT molecular complexity index is 1300. The highest BCUT2D eigenvalue weighted by Crippen LogP contribution is 2.35. The fourth-order valence-corrected chi connectivity index (χ4v) is 4.25. The van der Waals surface area contributed by atoms with Crippen molar-refractivity contribution in [3.8, 4) is 5.69 Å². The van der Waals surface area contributed by atoms with Gasteiger partial charge in [-0.15, -0.1) is 0 Å². The van der Waals surface area contributed by atoms with E-state index >= 15 is 0 Å². The van der Waals surface area contributed by atoms with Crippen LogP contribution >= 0.6 is 0 Å². The molecule has 0 aliphatic carbocycles.